The highest BCUT2D eigenvalue weighted by Crippen LogP contribution is 2.09. The Morgan fingerprint density at radius 3 is 2.56 bits per heavy atom. The lowest BCUT2D eigenvalue weighted by molar-refractivity contribution is -0.130. The van der Waals surface area contributed by atoms with Crippen LogP contribution in [0.3, 0.4) is 0 Å². The molecule has 7 heteroatoms. The van der Waals surface area contributed by atoms with Crippen molar-refractivity contribution in [1.82, 2.24) is 9.62 Å². The fraction of sp³-hybridized carbons (Fsp3) is 0.278. The van der Waals surface area contributed by atoms with Gasteiger partial charge in [0.2, 0.25) is 15.9 Å². The van der Waals surface area contributed by atoms with Crippen LogP contribution >= 0.6 is 0 Å². The zero-order valence-electron chi connectivity index (χ0n) is 14.3. The molecule has 0 aliphatic carbocycles. The number of carbonyl (C=O) groups is 1. The van der Waals surface area contributed by atoms with E-state index in [4.69, 9.17) is 4.42 Å². The minimum atomic E-state index is -3.58. The average molecular weight is 362 g/mol. The van der Waals surface area contributed by atoms with Crippen molar-refractivity contribution in [2.24, 2.45) is 0 Å². The first-order valence-electron chi connectivity index (χ1n) is 7.88. The van der Waals surface area contributed by atoms with Gasteiger partial charge in [0.25, 0.3) is 0 Å². The fourth-order valence-corrected chi connectivity index (χ4v) is 2.98. The van der Waals surface area contributed by atoms with Crippen molar-refractivity contribution < 1.29 is 17.6 Å². The van der Waals surface area contributed by atoms with E-state index in [-0.39, 0.29) is 18.9 Å². The van der Waals surface area contributed by atoms with E-state index in [1.807, 2.05) is 37.3 Å². The smallest absolute Gasteiger partial charge is 0.233 e. The monoisotopic (exact) mass is 362 g/mol. The largest absolute Gasteiger partial charge is 0.464 e. The van der Waals surface area contributed by atoms with Crippen LogP contribution in [0.5, 0.6) is 0 Å². The van der Waals surface area contributed by atoms with Crippen molar-refractivity contribution in [1.29, 1.82) is 0 Å². The van der Waals surface area contributed by atoms with Crippen LogP contribution in [0.1, 0.15) is 23.5 Å². The Kier molecular flexibility index (Phi) is 6.55. The first-order chi connectivity index (χ1) is 11.9. The molecule has 1 aromatic heterocycles. The third-order valence-electron chi connectivity index (χ3n) is 3.50. The van der Waals surface area contributed by atoms with E-state index in [9.17, 15) is 13.2 Å². The maximum absolute atomic E-state index is 12.1. The van der Waals surface area contributed by atoms with E-state index in [2.05, 4.69) is 4.72 Å². The van der Waals surface area contributed by atoms with Crippen LogP contribution in [0.2, 0.25) is 0 Å². The molecular formula is C18H22N2O4S. The molecule has 1 amide bonds. The van der Waals surface area contributed by atoms with Crippen LogP contribution in [0, 0.1) is 6.92 Å². The highest BCUT2D eigenvalue weighted by molar-refractivity contribution is 7.92. The topological polar surface area (TPSA) is 79.6 Å². The van der Waals surface area contributed by atoms with Crippen LogP contribution in [0.15, 0.2) is 52.3 Å². The highest BCUT2D eigenvalue weighted by atomic mass is 32.2. The van der Waals surface area contributed by atoms with E-state index in [1.54, 1.807) is 19.2 Å². The van der Waals surface area contributed by atoms with Crippen LogP contribution in [-0.4, -0.2) is 32.8 Å². The van der Waals surface area contributed by atoms with Gasteiger partial charge in [-0.05, 0) is 30.7 Å². The van der Waals surface area contributed by atoms with Gasteiger partial charge in [-0.2, -0.15) is 0 Å². The molecule has 1 aromatic carbocycles. The lowest BCUT2D eigenvalue weighted by Crippen LogP contribution is -2.31. The molecule has 0 unspecified atom stereocenters. The van der Waals surface area contributed by atoms with Crippen molar-refractivity contribution in [3.05, 3.63) is 65.0 Å². The molecule has 0 radical (unpaired) electrons. The Bertz CT molecular complexity index is 826. The Labute approximate surface area is 148 Å². The van der Waals surface area contributed by atoms with Crippen molar-refractivity contribution in [3.8, 4) is 0 Å². The van der Waals surface area contributed by atoms with Crippen LogP contribution in [0.25, 0.3) is 6.08 Å². The second-order valence-corrected chi connectivity index (χ2v) is 7.32. The summed E-state index contributed by atoms with van der Waals surface area (Å²) in [5.74, 6) is 1.32. The van der Waals surface area contributed by atoms with Gasteiger partial charge in [0.05, 0.1) is 6.54 Å². The molecule has 1 N–H and O–H groups in total. The molecule has 1 heterocycles. The Balaban J connectivity index is 1.78. The molecule has 0 saturated carbocycles. The van der Waals surface area contributed by atoms with Gasteiger partial charge in [0.15, 0.2) is 0 Å². The summed E-state index contributed by atoms with van der Waals surface area (Å²) in [7, 11) is -1.92. The van der Waals surface area contributed by atoms with Gasteiger partial charge in [-0.15, -0.1) is 0 Å². The number of nitrogens with zero attached hydrogens (tertiary/aromatic N) is 1. The molecule has 25 heavy (non-hydrogen) atoms. The van der Waals surface area contributed by atoms with Crippen LogP contribution < -0.4 is 4.72 Å². The summed E-state index contributed by atoms with van der Waals surface area (Å²) in [6, 6.07) is 12.8. The van der Waals surface area contributed by atoms with E-state index in [0.29, 0.717) is 12.3 Å². The summed E-state index contributed by atoms with van der Waals surface area (Å²) in [4.78, 5) is 13.6. The summed E-state index contributed by atoms with van der Waals surface area (Å²) in [5, 5.41) is 1.10. The molecule has 0 aliphatic heterocycles. The number of sulfonamides is 1. The van der Waals surface area contributed by atoms with Crippen molar-refractivity contribution in [2.45, 2.75) is 19.9 Å². The van der Waals surface area contributed by atoms with Gasteiger partial charge in [-0.3, -0.25) is 4.79 Å². The molecule has 0 atom stereocenters. The zero-order valence-corrected chi connectivity index (χ0v) is 15.1. The third-order valence-corrected chi connectivity index (χ3v) is 4.60. The van der Waals surface area contributed by atoms with E-state index in [1.165, 1.54) is 11.0 Å². The fourth-order valence-electron chi connectivity index (χ4n) is 2.16. The number of rotatable bonds is 8. The summed E-state index contributed by atoms with van der Waals surface area (Å²) in [6.45, 7) is 2.23. The van der Waals surface area contributed by atoms with Gasteiger partial charge >= 0.3 is 0 Å². The number of aryl methyl sites for hydroxylation is 1. The molecule has 0 fully saturated rings. The summed E-state index contributed by atoms with van der Waals surface area (Å²) in [5.41, 5.74) is 0.789. The van der Waals surface area contributed by atoms with Crippen molar-refractivity contribution >= 4 is 22.0 Å². The molecule has 6 nitrogen and oxygen atoms in total. The number of hydrogen-bond acceptors (Lipinski definition) is 4. The van der Waals surface area contributed by atoms with Gasteiger partial charge in [-0.25, -0.2) is 13.1 Å². The summed E-state index contributed by atoms with van der Waals surface area (Å²) < 4.78 is 31.6. The second-order valence-electron chi connectivity index (χ2n) is 5.66. The van der Waals surface area contributed by atoms with E-state index in [0.717, 1.165) is 16.7 Å². The molecule has 2 rings (SSSR count). The van der Waals surface area contributed by atoms with Crippen molar-refractivity contribution in [3.63, 3.8) is 0 Å². The first kappa shape index (κ1) is 19.0. The molecule has 2 aromatic rings. The predicted octanol–water partition coefficient (Wildman–Crippen LogP) is 2.53. The quantitative estimate of drug-likeness (QED) is 0.782. The minimum absolute atomic E-state index is 0.0435. The van der Waals surface area contributed by atoms with Crippen LogP contribution in [-0.2, 0) is 21.4 Å². The standard InChI is InChI=1S/C18H22N2O4S/c1-15-8-9-17(24-15)14-20(2)18(21)10-12-19-25(22,23)13-11-16-6-4-3-5-7-16/h3-9,11,13,19H,10,12,14H2,1-2H3/b13-11+. The van der Waals surface area contributed by atoms with E-state index >= 15 is 0 Å². The minimum Gasteiger partial charge on any atom is -0.464 e. The Morgan fingerprint density at radius 2 is 1.92 bits per heavy atom. The number of hydrogen-bond donors (Lipinski definition) is 1. The summed E-state index contributed by atoms with van der Waals surface area (Å²) >= 11 is 0. The second kappa shape index (κ2) is 8.64. The molecule has 134 valence electrons. The highest BCUT2D eigenvalue weighted by Gasteiger charge is 2.12. The van der Waals surface area contributed by atoms with Gasteiger partial charge in [0.1, 0.15) is 11.5 Å². The number of amides is 1. The van der Waals surface area contributed by atoms with E-state index < -0.39 is 10.0 Å². The van der Waals surface area contributed by atoms with Gasteiger partial charge in [0, 0.05) is 25.4 Å². The lowest BCUT2D eigenvalue weighted by atomic mass is 10.2. The maximum atomic E-state index is 12.1. The summed E-state index contributed by atoms with van der Waals surface area (Å²) in [6.07, 6.45) is 1.59. The molecule has 0 spiro atoms. The SMILES string of the molecule is Cc1ccc(CN(C)C(=O)CCNS(=O)(=O)/C=C/c2ccccc2)o1. The molecule has 0 saturated heterocycles. The molecular weight excluding hydrogens is 340 g/mol. The average Bonchev–Trinajstić information content (AvgIpc) is 2.98. The third kappa shape index (κ3) is 6.56. The Hall–Kier alpha value is -2.38. The van der Waals surface area contributed by atoms with Gasteiger partial charge < -0.3 is 9.32 Å². The maximum Gasteiger partial charge on any atom is 0.233 e. The van der Waals surface area contributed by atoms with Crippen molar-refractivity contribution in [2.75, 3.05) is 13.6 Å². The predicted molar refractivity (Wildman–Crippen MR) is 96.9 cm³/mol. The number of carbonyl (C=O) groups excluding carboxylic acids is 1. The van der Waals surface area contributed by atoms with Crippen LogP contribution in [0.4, 0.5) is 0 Å². The Morgan fingerprint density at radius 1 is 1.20 bits per heavy atom. The number of benzene rings is 1. The molecule has 0 bridgehead atoms. The first-order valence-corrected chi connectivity index (χ1v) is 9.42. The van der Waals surface area contributed by atoms with Gasteiger partial charge in [-0.1, -0.05) is 30.3 Å². The number of furan rings is 1. The molecule has 0 aliphatic rings. The number of nitrogens with one attached hydrogen (secondary N) is 1. The zero-order chi connectivity index (χ0) is 18.3. The normalized spacial score (nSPS) is 11.8. The lowest BCUT2D eigenvalue weighted by Gasteiger charge is -2.15.